The molecule has 1 aromatic carbocycles. The first-order chi connectivity index (χ1) is 23.9. The summed E-state index contributed by atoms with van der Waals surface area (Å²) in [4.78, 5) is 9.80. The minimum atomic E-state index is -5.00. The number of aliphatic hydroxyl groups excluding tert-OH is 1. The van der Waals surface area contributed by atoms with Crippen LogP contribution in [0.4, 0.5) is 20.3 Å². The Morgan fingerprint density at radius 3 is 2.48 bits per heavy atom. The minimum Gasteiger partial charge on any atom is -0.481 e. The molecule has 0 saturated heterocycles. The van der Waals surface area contributed by atoms with Crippen LogP contribution in [0.5, 0.6) is 11.8 Å². The van der Waals surface area contributed by atoms with E-state index < -0.39 is 21.9 Å². The van der Waals surface area contributed by atoms with Crippen molar-refractivity contribution in [1.82, 2.24) is 29.5 Å². The fraction of sp³-hybridized carbons (Fsp3) is 0.387. The summed E-state index contributed by atoms with van der Waals surface area (Å²) < 4.78 is 69.5. The molecule has 50 heavy (non-hydrogen) atoms. The van der Waals surface area contributed by atoms with Gasteiger partial charge in [0.25, 0.3) is 10.0 Å². The molecule has 0 aliphatic carbocycles. The summed E-state index contributed by atoms with van der Waals surface area (Å²) in [6.07, 6.45) is 8.43. The zero-order valence-corrected chi connectivity index (χ0v) is 29.0. The van der Waals surface area contributed by atoms with Crippen LogP contribution in [0.3, 0.4) is 0 Å². The van der Waals surface area contributed by atoms with E-state index in [0.29, 0.717) is 28.8 Å². The number of terminal acetylenes is 1. The summed E-state index contributed by atoms with van der Waals surface area (Å²) in [7, 11) is 0.866. The van der Waals surface area contributed by atoms with Crippen molar-refractivity contribution >= 4 is 33.1 Å². The summed E-state index contributed by atoms with van der Waals surface area (Å²) in [6.45, 7) is 1.13. The van der Waals surface area contributed by atoms with E-state index in [9.17, 15) is 27.6 Å². The van der Waals surface area contributed by atoms with E-state index in [1.165, 1.54) is 51.8 Å². The lowest BCUT2D eigenvalue weighted by atomic mass is 10.0. The van der Waals surface area contributed by atoms with Crippen LogP contribution in [0.1, 0.15) is 47.2 Å². The number of benzene rings is 1. The lowest BCUT2D eigenvalue weighted by Gasteiger charge is -2.19. The number of ether oxygens (including phenoxy) is 3. The van der Waals surface area contributed by atoms with Crippen molar-refractivity contribution in [3.05, 3.63) is 63.7 Å². The molecule has 0 radical (unpaired) electrons. The second-order valence-corrected chi connectivity index (χ2v) is 12.7. The number of nitriles is 1. The number of aryl methyl sites for hydroxylation is 1. The SMILES string of the molecule is C#CCN(C)c1c(C#N)cnn1-c1nn2c(c1Cl)CCCC2.COCc1cccc(C(O)c2nc(OC)cc(OC)n2)c1NS(=O)(=O)C(F)F. The average Bonchev–Trinajstić information content (AvgIpc) is 3.69. The summed E-state index contributed by atoms with van der Waals surface area (Å²) in [5.41, 5.74) is 1.41. The molecule has 0 bridgehead atoms. The van der Waals surface area contributed by atoms with Crippen molar-refractivity contribution in [3.63, 3.8) is 0 Å². The first kappa shape index (κ1) is 37.8. The van der Waals surface area contributed by atoms with E-state index in [0.717, 1.165) is 31.5 Å². The Morgan fingerprint density at radius 1 is 1.20 bits per heavy atom. The summed E-state index contributed by atoms with van der Waals surface area (Å²) in [5.74, 6) is 0.0601. The third-order valence-electron chi connectivity index (χ3n) is 7.38. The molecular formula is C31H34ClF2N9O6S. The highest BCUT2D eigenvalue weighted by Gasteiger charge is 2.29. The Bertz CT molecular complexity index is 1990. The smallest absolute Gasteiger partial charge is 0.355 e. The van der Waals surface area contributed by atoms with Crippen molar-refractivity contribution in [3.8, 4) is 36.0 Å². The topological polar surface area (TPSA) is 183 Å². The first-order valence-corrected chi connectivity index (χ1v) is 16.8. The molecule has 0 spiro atoms. The Labute approximate surface area is 292 Å². The number of anilines is 2. The van der Waals surface area contributed by atoms with Crippen molar-refractivity contribution in [2.75, 3.05) is 44.5 Å². The molecule has 5 rings (SSSR count). The van der Waals surface area contributed by atoms with Gasteiger partial charge in [0.2, 0.25) is 11.8 Å². The molecule has 0 fully saturated rings. The number of rotatable bonds is 12. The maximum absolute atomic E-state index is 12.9. The van der Waals surface area contributed by atoms with Gasteiger partial charge in [0.1, 0.15) is 22.8 Å². The van der Waals surface area contributed by atoms with E-state index in [-0.39, 0.29) is 41.0 Å². The van der Waals surface area contributed by atoms with Gasteiger partial charge in [0, 0.05) is 31.8 Å². The number of methoxy groups -OCH3 is 3. The van der Waals surface area contributed by atoms with Gasteiger partial charge in [-0.25, -0.2) is 8.42 Å². The maximum atomic E-state index is 12.9. The molecule has 0 saturated carbocycles. The Balaban J connectivity index is 0.000000231. The van der Waals surface area contributed by atoms with Gasteiger partial charge in [-0.2, -0.15) is 38.9 Å². The zero-order valence-electron chi connectivity index (χ0n) is 27.5. The van der Waals surface area contributed by atoms with Gasteiger partial charge >= 0.3 is 5.76 Å². The van der Waals surface area contributed by atoms with Gasteiger partial charge in [-0.15, -0.1) is 6.42 Å². The predicted molar refractivity (Wildman–Crippen MR) is 179 cm³/mol. The highest BCUT2D eigenvalue weighted by atomic mass is 35.5. The van der Waals surface area contributed by atoms with Crippen LogP contribution in [-0.4, -0.2) is 83.7 Å². The number of aliphatic hydroxyl groups is 1. The molecule has 3 aromatic heterocycles. The molecule has 15 nitrogen and oxygen atoms in total. The summed E-state index contributed by atoms with van der Waals surface area (Å²) in [6, 6.07) is 7.83. The summed E-state index contributed by atoms with van der Waals surface area (Å²) >= 11 is 6.50. The Kier molecular flexibility index (Phi) is 12.5. The third-order valence-corrected chi connectivity index (χ3v) is 8.73. The largest absolute Gasteiger partial charge is 0.481 e. The molecule has 4 aromatic rings. The van der Waals surface area contributed by atoms with Crippen molar-refractivity contribution in [2.24, 2.45) is 0 Å². The molecule has 1 aliphatic rings. The lowest BCUT2D eigenvalue weighted by molar-refractivity contribution is 0.184. The lowest BCUT2D eigenvalue weighted by Crippen LogP contribution is -2.23. The standard InChI is InChI=1S/C16H19F2N3O6S.C15H15ClN6/c1-25-8-9-5-4-6-10(13(9)21-28(23,24)16(17)18)14(22)15-19-11(26-2)7-12(20-15)27-3;1-3-7-20(2)15-11(9-17)10-18-22(15)14-13(16)12-6-4-5-8-21(12)19-14/h4-7,14,16,21-22H,8H2,1-3H3;1,10H,4-8H2,2H3. The molecule has 19 heteroatoms. The zero-order chi connectivity index (χ0) is 36.6. The van der Waals surface area contributed by atoms with Crippen LogP contribution in [0.2, 0.25) is 5.02 Å². The van der Waals surface area contributed by atoms with Gasteiger partial charge in [-0.3, -0.25) is 9.40 Å². The molecule has 2 N–H and O–H groups in total. The highest BCUT2D eigenvalue weighted by Crippen LogP contribution is 2.34. The number of alkyl halides is 2. The average molecular weight is 734 g/mol. The van der Waals surface area contributed by atoms with Gasteiger partial charge in [0.15, 0.2) is 17.5 Å². The molecular weight excluding hydrogens is 700 g/mol. The number of nitrogens with one attached hydrogen (secondary N) is 1. The number of sulfonamides is 1. The van der Waals surface area contributed by atoms with Gasteiger partial charge < -0.3 is 24.2 Å². The number of halogens is 3. The van der Waals surface area contributed by atoms with Crippen LogP contribution in [0.15, 0.2) is 30.5 Å². The third kappa shape index (κ3) is 8.23. The van der Waals surface area contributed by atoms with Crippen molar-refractivity contribution < 1.29 is 36.5 Å². The van der Waals surface area contributed by atoms with Crippen molar-refractivity contribution in [1.29, 1.82) is 5.26 Å². The van der Waals surface area contributed by atoms with Gasteiger partial charge in [-0.05, 0) is 19.3 Å². The number of hydrogen-bond acceptors (Lipinski definition) is 12. The van der Waals surface area contributed by atoms with E-state index in [2.05, 4.69) is 32.2 Å². The fourth-order valence-corrected chi connectivity index (χ4v) is 5.99. The van der Waals surface area contributed by atoms with Gasteiger partial charge in [0.05, 0.1) is 51.0 Å². The second-order valence-electron chi connectivity index (χ2n) is 10.7. The predicted octanol–water partition coefficient (Wildman–Crippen LogP) is 3.69. The van der Waals surface area contributed by atoms with E-state index in [1.54, 1.807) is 9.58 Å². The molecule has 4 heterocycles. The van der Waals surface area contributed by atoms with E-state index >= 15 is 0 Å². The van der Waals surface area contributed by atoms with Gasteiger partial charge in [-0.1, -0.05) is 35.7 Å². The molecule has 1 atom stereocenters. The number of aromatic nitrogens is 6. The highest BCUT2D eigenvalue weighted by molar-refractivity contribution is 7.93. The quantitative estimate of drug-likeness (QED) is 0.202. The number of hydrogen-bond donors (Lipinski definition) is 2. The van der Waals surface area contributed by atoms with Crippen LogP contribution in [-0.2, 0) is 34.3 Å². The summed E-state index contributed by atoms with van der Waals surface area (Å²) in [5, 5.41) is 29.5. The van der Waals surface area contributed by atoms with Crippen LogP contribution < -0.4 is 19.1 Å². The van der Waals surface area contributed by atoms with Crippen LogP contribution >= 0.6 is 11.6 Å². The van der Waals surface area contributed by atoms with Crippen LogP contribution in [0.25, 0.3) is 5.82 Å². The molecule has 1 aliphatic heterocycles. The molecule has 266 valence electrons. The van der Waals surface area contributed by atoms with E-state index in [1.807, 2.05) is 16.5 Å². The van der Waals surface area contributed by atoms with Crippen LogP contribution in [0, 0.1) is 23.7 Å². The maximum Gasteiger partial charge on any atom is 0.355 e. The first-order valence-electron chi connectivity index (χ1n) is 14.8. The van der Waals surface area contributed by atoms with Crippen molar-refractivity contribution in [2.45, 2.75) is 44.3 Å². The Morgan fingerprint density at radius 2 is 1.90 bits per heavy atom. The normalized spacial score (nSPS) is 12.9. The minimum absolute atomic E-state index is 0.0471. The second kappa shape index (κ2) is 16.6. The number of nitrogens with zero attached hydrogens (tertiary/aromatic N) is 8. The molecule has 0 amide bonds. The number of fused-ring (bicyclic) bond motifs is 1. The Hall–Kier alpha value is -5.01. The van der Waals surface area contributed by atoms with E-state index in [4.69, 9.17) is 32.2 Å². The fourth-order valence-electron chi connectivity index (χ4n) is 5.06. The monoisotopic (exact) mass is 733 g/mol. The number of para-hydroxylation sites is 1. The molecule has 1 unspecified atom stereocenters.